The zero-order valence-electron chi connectivity index (χ0n) is 15.6. The number of rotatable bonds is 7. The van der Waals surface area contributed by atoms with E-state index in [0.29, 0.717) is 13.1 Å². The first kappa shape index (κ1) is 19.1. The van der Waals surface area contributed by atoms with Gasteiger partial charge in [0.1, 0.15) is 0 Å². The molecule has 0 bridgehead atoms. The summed E-state index contributed by atoms with van der Waals surface area (Å²) in [6, 6.07) is 19.9. The summed E-state index contributed by atoms with van der Waals surface area (Å²) in [5, 5.41) is 5.37. The Kier molecular flexibility index (Phi) is 6.99. The highest BCUT2D eigenvalue weighted by atomic mass is 16.2. The Morgan fingerprint density at radius 2 is 1.37 bits per heavy atom. The van der Waals surface area contributed by atoms with Crippen LogP contribution >= 0.6 is 0 Å². The molecule has 0 aliphatic heterocycles. The van der Waals surface area contributed by atoms with E-state index in [2.05, 4.69) is 10.6 Å². The van der Waals surface area contributed by atoms with Crippen molar-refractivity contribution in [2.45, 2.75) is 44.8 Å². The standard InChI is InChI=1S/C22H27N3O2/c26-21(24-22(27)23-20-13-7-8-14-20)17-25(15-18-9-3-1-4-10-18)16-19-11-5-2-6-12-19/h1-6,9-12,20H,7-8,13-17H2,(H2,23,24,26,27). The number of urea groups is 1. The highest BCUT2D eigenvalue weighted by molar-refractivity contribution is 5.95. The van der Waals surface area contributed by atoms with E-state index in [0.717, 1.165) is 36.8 Å². The minimum atomic E-state index is -0.383. The van der Waals surface area contributed by atoms with Gasteiger partial charge in [-0.05, 0) is 24.0 Å². The minimum Gasteiger partial charge on any atom is -0.335 e. The van der Waals surface area contributed by atoms with Gasteiger partial charge in [0.25, 0.3) is 0 Å². The summed E-state index contributed by atoms with van der Waals surface area (Å²) in [6.45, 7) is 1.46. The molecule has 0 atom stereocenters. The Hall–Kier alpha value is -2.66. The molecule has 1 fully saturated rings. The zero-order chi connectivity index (χ0) is 18.9. The van der Waals surface area contributed by atoms with Gasteiger partial charge in [-0.1, -0.05) is 73.5 Å². The van der Waals surface area contributed by atoms with E-state index in [1.54, 1.807) is 0 Å². The molecule has 0 radical (unpaired) electrons. The molecule has 0 spiro atoms. The molecule has 1 saturated carbocycles. The number of nitrogens with one attached hydrogen (secondary N) is 2. The van der Waals surface area contributed by atoms with E-state index in [1.165, 1.54) is 0 Å². The number of carbonyl (C=O) groups is 2. The van der Waals surface area contributed by atoms with E-state index < -0.39 is 0 Å². The second kappa shape index (κ2) is 9.88. The third kappa shape index (κ3) is 6.53. The molecule has 1 aliphatic rings. The van der Waals surface area contributed by atoms with E-state index in [9.17, 15) is 9.59 Å². The summed E-state index contributed by atoms with van der Waals surface area (Å²) in [4.78, 5) is 26.5. The summed E-state index contributed by atoms with van der Waals surface area (Å²) in [6.07, 6.45) is 4.27. The summed E-state index contributed by atoms with van der Waals surface area (Å²) in [5.74, 6) is -0.280. The molecule has 27 heavy (non-hydrogen) atoms. The third-order valence-electron chi connectivity index (χ3n) is 4.81. The van der Waals surface area contributed by atoms with Gasteiger partial charge in [-0.15, -0.1) is 0 Å². The summed E-state index contributed by atoms with van der Waals surface area (Å²) < 4.78 is 0. The Bertz CT molecular complexity index is 686. The van der Waals surface area contributed by atoms with Crippen LogP contribution in [0.3, 0.4) is 0 Å². The Morgan fingerprint density at radius 1 is 0.852 bits per heavy atom. The molecule has 2 aromatic rings. The number of hydrogen-bond donors (Lipinski definition) is 2. The van der Waals surface area contributed by atoms with Gasteiger partial charge in [0, 0.05) is 19.1 Å². The maximum Gasteiger partial charge on any atom is 0.321 e. The average molecular weight is 365 g/mol. The molecule has 3 rings (SSSR count). The van der Waals surface area contributed by atoms with Gasteiger partial charge in [-0.3, -0.25) is 15.0 Å². The number of imide groups is 1. The molecule has 1 aliphatic carbocycles. The van der Waals surface area contributed by atoms with Crippen LogP contribution in [0.5, 0.6) is 0 Å². The highest BCUT2D eigenvalue weighted by Crippen LogP contribution is 2.17. The largest absolute Gasteiger partial charge is 0.335 e. The van der Waals surface area contributed by atoms with Crippen molar-refractivity contribution in [2.24, 2.45) is 0 Å². The van der Waals surface area contributed by atoms with Crippen molar-refractivity contribution < 1.29 is 9.59 Å². The maximum atomic E-state index is 12.4. The first-order valence-corrected chi connectivity index (χ1v) is 9.59. The summed E-state index contributed by atoms with van der Waals surface area (Å²) in [5.41, 5.74) is 2.27. The van der Waals surface area contributed by atoms with E-state index in [4.69, 9.17) is 0 Å². The summed E-state index contributed by atoms with van der Waals surface area (Å²) >= 11 is 0. The number of benzene rings is 2. The molecule has 0 aromatic heterocycles. The van der Waals surface area contributed by atoms with Crippen LogP contribution in [-0.4, -0.2) is 29.4 Å². The van der Waals surface area contributed by atoms with Crippen LogP contribution in [0.1, 0.15) is 36.8 Å². The van der Waals surface area contributed by atoms with Crippen LogP contribution in [0.15, 0.2) is 60.7 Å². The Labute approximate surface area is 160 Å². The lowest BCUT2D eigenvalue weighted by Crippen LogP contribution is -2.46. The van der Waals surface area contributed by atoms with Crippen LogP contribution in [0.25, 0.3) is 0 Å². The quantitative estimate of drug-likeness (QED) is 0.790. The van der Waals surface area contributed by atoms with Crippen molar-refractivity contribution in [3.63, 3.8) is 0 Å². The fourth-order valence-electron chi connectivity index (χ4n) is 3.51. The van der Waals surface area contributed by atoms with Gasteiger partial charge in [-0.2, -0.15) is 0 Å². The SMILES string of the molecule is O=C(CN(Cc1ccccc1)Cc1ccccc1)NC(=O)NC1CCCC1. The van der Waals surface area contributed by atoms with Crippen molar-refractivity contribution in [1.82, 2.24) is 15.5 Å². The van der Waals surface area contributed by atoms with E-state index in [1.807, 2.05) is 65.6 Å². The molecule has 3 amide bonds. The molecule has 0 saturated heterocycles. The number of hydrogen-bond acceptors (Lipinski definition) is 3. The fourth-order valence-corrected chi connectivity index (χ4v) is 3.51. The lowest BCUT2D eigenvalue weighted by atomic mass is 10.1. The summed E-state index contributed by atoms with van der Waals surface area (Å²) in [7, 11) is 0. The van der Waals surface area contributed by atoms with Crippen molar-refractivity contribution in [3.05, 3.63) is 71.8 Å². The zero-order valence-corrected chi connectivity index (χ0v) is 15.6. The Balaban J connectivity index is 1.57. The van der Waals surface area contributed by atoms with Gasteiger partial charge < -0.3 is 5.32 Å². The monoisotopic (exact) mass is 365 g/mol. The number of amides is 3. The third-order valence-corrected chi connectivity index (χ3v) is 4.81. The molecule has 2 N–H and O–H groups in total. The van der Waals surface area contributed by atoms with E-state index in [-0.39, 0.29) is 24.5 Å². The average Bonchev–Trinajstić information content (AvgIpc) is 3.16. The second-order valence-electron chi connectivity index (χ2n) is 7.12. The van der Waals surface area contributed by atoms with Crippen molar-refractivity contribution in [3.8, 4) is 0 Å². The van der Waals surface area contributed by atoms with Crippen LogP contribution in [-0.2, 0) is 17.9 Å². The van der Waals surface area contributed by atoms with Gasteiger partial charge in [0.15, 0.2) is 0 Å². The van der Waals surface area contributed by atoms with Crippen LogP contribution in [0.2, 0.25) is 0 Å². The van der Waals surface area contributed by atoms with Crippen LogP contribution < -0.4 is 10.6 Å². The molecule has 2 aromatic carbocycles. The van der Waals surface area contributed by atoms with Gasteiger partial charge in [0.2, 0.25) is 5.91 Å². The number of nitrogens with zero attached hydrogens (tertiary/aromatic N) is 1. The lowest BCUT2D eigenvalue weighted by molar-refractivity contribution is -0.121. The first-order chi connectivity index (χ1) is 13.2. The molecule has 0 heterocycles. The van der Waals surface area contributed by atoms with Crippen LogP contribution in [0, 0.1) is 0 Å². The van der Waals surface area contributed by atoms with Crippen molar-refractivity contribution >= 4 is 11.9 Å². The molecule has 5 heteroatoms. The smallest absolute Gasteiger partial charge is 0.321 e. The first-order valence-electron chi connectivity index (χ1n) is 9.59. The van der Waals surface area contributed by atoms with Crippen molar-refractivity contribution in [1.29, 1.82) is 0 Å². The lowest BCUT2D eigenvalue weighted by Gasteiger charge is -2.22. The molecular formula is C22H27N3O2. The van der Waals surface area contributed by atoms with Crippen molar-refractivity contribution in [2.75, 3.05) is 6.54 Å². The predicted molar refractivity (Wildman–Crippen MR) is 106 cm³/mol. The van der Waals surface area contributed by atoms with Gasteiger partial charge in [-0.25, -0.2) is 4.79 Å². The molecule has 142 valence electrons. The predicted octanol–water partition coefficient (Wildman–Crippen LogP) is 3.46. The molecular weight excluding hydrogens is 338 g/mol. The Morgan fingerprint density at radius 3 is 1.89 bits per heavy atom. The van der Waals surface area contributed by atoms with E-state index >= 15 is 0 Å². The number of carbonyl (C=O) groups excluding carboxylic acids is 2. The normalized spacial score (nSPS) is 14.3. The second-order valence-corrected chi connectivity index (χ2v) is 7.12. The highest BCUT2D eigenvalue weighted by Gasteiger charge is 2.19. The van der Waals surface area contributed by atoms with Crippen LogP contribution in [0.4, 0.5) is 4.79 Å². The molecule has 5 nitrogen and oxygen atoms in total. The minimum absolute atomic E-state index is 0.169. The maximum absolute atomic E-state index is 12.4. The van der Waals surface area contributed by atoms with Gasteiger partial charge in [0.05, 0.1) is 6.54 Å². The molecule has 0 unspecified atom stereocenters. The van der Waals surface area contributed by atoms with Gasteiger partial charge >= 0.3 is 6.03 Å². The fraction of sp³-hybridized carbons (Fsp3) is 0.364. The topological polar surface area (TPSA) is 61.4 Å².